The molecule has 0 radical (unpaired) electrons. The zero-order chi connectivity index (χ0) is 29.6. The third kappa shape index (κ3) is 6.75. The predicted octanol–water partition coefficient (Wildman–Crippen LogP) is 5.61. The lowest BCUT2D eigenvalue weighted by Crippen LogP contribution is -2.41. The third-order valence-corrected chi connectivity index (χ3v) is 8.14. The van der Waals surface area contributed by atoms with E-state index in [2.05, 4.69) is 0 Å². The highest BCUT2D eigenvalue weighted by Crippen LogP contribution is 2.46. The summed E-state index contributed by atoms with van der Waals surface area (Å²) >= 11 is 0. The van der Waals surface area contributed by atoms with Gasteiger partial charge in [0, 0.05) is 37.8 Å². The summed E-state index contributed by atoms with van der Waals surface area (Å²) in [5.41, 5.74) is -5.28. The maximum Gasteiger partial charge on any atom is 0.420 e. The van der Waals surface area contributed by atoms with Crippen molar-refractivity contribution in [1.82, 2.24) is 4.31 Å². The molecule has 3 rings (SSSR count). The molecule has 0 saturated heterocycles. The molecule has 1 N–H and O–H groups in total. The van der Waals surface area contributed by atoms with Gasteiger partial charge in [-0.15, -0.1) is 0 Å². The summed E-state index contributed by atoms with van der Waals surface area (Å²) in [5.74, 6) is -7.16. The van der Waals surface area contributed by atoms with E-state index in [1.807, 2.05) is 0 Å². The number of benzene rings is 2. The summed E-state index contributed by atoms with van der Waals surface area (Å²) in [5, 5.41) is 8.95. The first-order chi connectivity index (χ1) is 17.7. The first kappa shape index (κ1) is 30.5. The van der Waals surface area contributed by atoms with Gasteiger partial charge in [0.15, 0.2) is 0 Å². The van der Waals surface area contributed by atoms with E-state index >= 15 is 0 Å². The van der Waals surface area contributed by atoms with E-state index in [-0.39, 0.29) is 5.69 Å². The van der Waals surface area contributed by atoms with Gasteiger partial charge in [-0.1, -0.05) is 6.07 Å². The number of nitrogens with zero attached hydrogens (tertiary/aromatic N) is 2. The van der Waals surface area contributed by atoms with Crippen LogP contribution in [0, 0.1) is 5.82 Å². The van der Waals surface area contributed by atoms with Gasteiger partial charge in [-0.3, -0.25) is 0 Å². The van der Waals surface area contributed by atoms with Crippen molar-refractivity contribution in [2.75, 3.05) is 25.1 Å². The standard InChI is InChI=1S/C24H25F7N2O5S/c1-22(26,21(34)35)13-38-19-11-20-18(10-17(19)24(29,30)31)33(15-6-4-5-14(25)9-15)12-16(7-8-23(2,27)28)32(3)39(20,36)37/h4-6,9-11,16H,7-8,12-13H2,1-3H3,(H,34,35)/t16-,22+/m1/s1. The summed E-state index contributed by atoms with van der Waals surface area (Å²) in [6.45, 7) is -0.619. The summed E-state index contributed by atoms with van der Waals surface area (Å²) < 4.78 is 131. The first-order valence-corrected chi connectivity index (χ1v) is 12.9. The molecule has 216 valence electrons. The largest absolute Gasteiger partial charge is 0.489 e. The zero-order valence-electron chi connectivity index (χ0n) is 20.9. The minimum Gasteiger partial charge on any atom is -0.489 e. The van der Waals surface area contributed by atoms with Crippen LogP contribution < -0.4 is 9.64 Å². The van der Waals surface area contributed by atoms with Crippen molar-refractivity contribution >= 4 is 27.4 Å². The predicted molar refractivity (Wildman–Crippen MR) is 126 cm³/mol. The molecule has 0 saturated carbocycles. The van der Waals surface area contributed by atoms with Crippen molar-refractivity contribution in [1.29, 1.82) is 0 Å². The number of ether oxygens (including phenoxy) is 1. The molecule has 7 nitrogen and oxygen atoms in total. The molecule has 15 heteroatoms. The Labute approximate surface area is 219 Å². The number of anilines is 2. The monoisotopic (exact) mass is 586 g/mol. The maximum absolute atomic E-state index is 14.3. The number of rotatable bonds is 8. The second-order valence-corrected chi connectivity index (χ2v) is 11.4. The second kappa shape index (κ2) is 10.5. The Kier molecular flexibility index (Phi) is 8.19. The average Bonchev–Trinajstić information content (AvgIpc) is 2.88. The highest BCUT2D eigenvalue weighted by atomic mass is 32.2. The highest BCUT2D eigenvalue weighted by Gasteiger charge is 2.43. The fraction of sp³-hybridized carbons (Fsp3) is 0.458. The van der Waals surface area contributed by atoms with Gasteiger partial charge in [-0.2, -0.15) is 17.5 Å². The SMILES string of the molecule is CN1[C@H](CCC(C)(F)F)CN(c2cccc(F)c2)c2cc(C(F)(F)F)c(OC[C@](C)(F)C(=O)O)cc2S1(=O)=O. The fourth-order valence-corrected chi connectivity index (χ4v) is 5.50. The van der Waals surface area contributed by atoms with Gasteiger partial charge in [0.2, 0.25) is 21.6 Å². The molecular formula is C24H25F7N2O5S. The van der Waals surface area contributed by atoms with Gasteiger partial charge in [-0.05, 0) is 44.5 Å². The lowest BCUT2D eigenvalue weighted by Gasteiger charge is -2.30. The Bertz CT molecular complexity index is 1340. The summed E-state index contributed by atoms with van der Waals surface area (Å²) in [6.07, 6.45) is -6.33. The molecule has 39 heavy (non-hydrogen) atoms. The van der Waals surface area contributed by atoms with E-state index in [9.17, 15) is 43.9 Å². The van der Waals surface area contributed by atoms with E-state index in [1.165, 1.54) is 12.1 Å². The van der Waals surface area contributed by atoms with Crippen molar-refractivity contribution in [3.63, 3.8) is 0 Å². The molecule has 2 aromatic carbocycles. The van der Waals surface area contributed by atoms with Crippen LogP contribution in [0.25, 0.3) is 0 Å². The fourth-order valence-electron chi connectivity index (χ4n) is 3.94. The molecule has 1 heterocycles. The van der Waals surface area contributed by atoms with Gasteiger partial charge in [0.25, 0.3) is 0 Å². The number of alkyl halides is 6. The number of sulfonamides is 1. The first-order valence-electron chi connectivity index (χ1n) is 11.4. The lowest BCUT2D eigenvalue weighted by molar-refractivity contribution is -0.151. The second-order valence-electron chi connectivity index (χ2n) is 9.48. The van der Waals surface area contributed by atoms with Crippen LogP contribution in [0.3, 0.4) is 0 Å². The molecule has 0 spiro atoms. The smallest absolute Gasteiger partial charge is 0.420 e. The van der Waals surface area contributed by atoms with E-state index in [0.29, 0.717) is 26.0 Å². The Morgan fingerprint density at radius 2 is 1.74 bits per heavy atom. The number of carboxylic acids is 1. The third-order valence-electron chi connectivity index (χ3n) is 6.20. The normalized spacial score (nSPS) is 19.6. The van der Waals surface area contributed by atoms with Crippen molar-refractivity contribution in [3.8, 4) is 5.75 Å². The van der Waals surface area contributed by atoms with Crippen molar-refractivity contribution in [3.05, 3.63) is 47.8 Å². The zero-order valence-corrected chi connectivity index (χ0v) is 21.7. The van der Waals surface area contributed by atoms with Crippen LogP contribution in [0.5, 0.6) is 5.75 Å². The van der Waals surface area contributed by atoms with E-state index in [0.717, 1.165) is 28.4 Å². The number of halogens is 7. The molecule has 0 amide bonds. The van der Waals surface area contributed by atoms with Crippen molar-refractivity contribution in [2.45, 2.75) is 55.4 Å². The Morgan fingerprint density at radius 1 is 1.10 bits per heavy atom. The number of hydrogen-bond donors (Lipinski definition) is 1. The molecule has 2 atom stereocenters. The van der Waals surface area contributed by atoms with Crippen LogP contribution in [0.2, 0.25) is 0 Å². The van der Waals surface area contributed by atoms with E-state index in [4.69, 9.17) is 9.84 Å². The summed E-state index contributed by atoms with van der Waals surface area (Å²) in [6, 6.07) is 4.23. The molecule has 0 fully saturated rings. The quantitative estimate of drug-likeness (QED) is 0.405. The Balaban J connectivity index is 2.27. The number of aliphatic carboxylic acids is 1. The molecule has 0 aromatic heterocycles. The maximum atomic E-state index is 14.3. The lowest BCUT2D eigenvalue weighted by atomic mass is 10.1. The number of carboxylic acid groups (broad SMARTS) is 1. The van der Waals surface area contributed by atoms with Crippen molar-refractivity contribution < 1.29 is 53.8 Å². The van der Waals surface area contributed by atoms with Gasteiger partial charge < -0.3 is 14.7 Å². The Morgan fingerprint density at radius 3 is 2.28 bits per heavy atom. The molecule has 2 aromatic rings. The van der Waals surface area contributed by atoms with Crippen LogP contribution in [0.15, 0.2) is 41.3 Å². The number of hydrogen-bond acceptors (Lipinski definition) is 5. The van der Waals surface area contributed by atoms with Crippen molar-refractivity contribution in [2.24, 2.45) is 0 Å². The molecule has 0 unspecified atom stereocenters. The average molecular weight is 587 g/mol. The number of likely N-dealkylation sites (N-methyl/N-ethyl adjacent to an activating group) is 1. The van der Waals surface area contributed by atoms with Crippen LogP contribution in [0.4, 0.5) is 42.1 Å². The van der Waals surface area contributed by atoms with Crippen LogP contribution in [0.1, 0.15) is 32.3 Å². The van der Waals surface area contributed by atoms with Crippen LogP contribution >= 0.6 is 0 Å². The summed E-state index contributed by atoms with van der Waals surface area (Å²) in [7, 11) is -3.62. The molecule has 0 bridgehead atoms. The topological polar surface area (TPSA) is 87.2 Å². The van der Waals surface area contributed by atoms with E-state index in [1.54, 1.807) is 0 Å². The molecule has 1 aliphatic rings. The molecular weight excluding hydrogens is 561 g/mol. The van der Waals surface area contributed by atoms with Gasteiger partial charge >= 0.3 is 12.1 Å². The number of carbonyl (C=O) groups is 1. The van der Waals surface area contributed by atoms with E-state index < -0.39 is 93.5 Å². The minimum absolute atomic E-state index is 0.0565. The molecule has 1 aliphatic heterocycles. The van der Waals surface area contributed by atoms with Crippen LogP contribution in [-0.4, -0.2) is 61.6 Å². The Hall–Kier alpha value is -3.07. The van der Waals surface area contributed by atoms with Gasteiger partial charge in [-0.25, -0.2) is 30.8 Å². The van der Waals surface area contributed by atoms with Gasteiger partial charge in [0.05, 0.1) is 11.3 Å². The van der Waals surface area contributed by atoms with Gasteiger partial charge in [0.1, 0.15) is 23.1 Å². The minimum atomic E-state index is -5.18. The van der Waals surface area contributed by atoms with Crippen LogP contribution in [-0.2, 0) is 21.0 Å². The summed E-state index contributed by atoms with van der Waals surface area (Å²) in [4.78, 5) is 11.4. The highest BCUT2D eigenvalue weighted by molar-refractivity contribution is 7.89. The number of fused-ring (bicyclic) bond motifs is 1. The molecule has 0 aliphatic carbocycles.